The largest absolute Gasteiger partial charge is 0.472 e. The van der Waals surface area contributed by atoms with Crippen LogP contribution in [0.25, 0.3) is 0 Å². The topological polar surface area (TPSA) is 131 Å². The van der Waals surface area contributed by atoms with Crippen molar-refractivity contribution in [2.75, 3.05) is 19.8 Å². The van der Waals surface area contributed by atoms with Crippen LogP contribution in [0.5, 0.6) is 0 Å². The Morgan fingerprint density at radius 3 is 1.25 bits per heavy atom. The van der Waals surface area contributed by atoms with Gasteiger partial charge in [0.25, 0.3) is 0 Å². The summed E-state index contributed by atoms with van der Waals surface area (Å²) in [6, 6.07) is -0.855. The van der Waals surface area contributed by atoms with Crippen LogP contribution in [0.15, 0.2) is 12.2 Å². The summed E-state index contributed by atoms with van der Waals surface area (Å²) in [4.78, 5) is 22.8. The number of nitrogens with two attached hydrogens (primary N) is 1. The first kappa shape index (κ1) is 56.2. The number of aliphatic hydroxyl groups is 1. The van der Waals surface area contributed by atoms with Gasteiger partial charge in [-0.25, -0.2) is 4.57 Å². The molecule has 0 aromatic carbocycles. The fraction of sp³-hybridized carbons (Fsp3) is 0.938. The molecule has 3 unspecified atom stereocenters. The summed E-state index contributed by atoms with van der Waals surface area (Å²) >= 11 is 0. The van der Waals surface area contributed by atoms with Gasteiger partial charge >= 0.3 is 7.82 Å². The summed E-state index contributed by atoms with van der Waals surface area (Å²) in [5.41, 5.74) is 5.39. The van der Waals surface area contributed by atoms with E-state index in [2.05, 4.69) is 19.2 Å². The summed E-state index contributed by atoms with van der Waals surface area (Å²) in [5.74, 6) is -0.188. The summed E-state index contributed by atoms with van der Waals surface area (Å²) in [7, 11) is -4.34. The average molecular weight is 829 g/mol. The van der Waals surface area contributed by atoms with Crippen molar-refractivity contribution in [3.8, 4) is 0 Å². The summed E-state index contributed by atoms with van der Waals surface area (Å²) < 4.78 is 22.2. The molecule has 0 aliphatic rings. The molecule has 0 radical (unpaired) electrons. The van der Waals surface area contributed by atoms with E-state index in [1.54, 1.807) is 6.08 Å². The number of nitrogens with one attached hydrogen (secondary N) is 1. The molecule has 0 fully saturated rings. The zero-order valence-corrected chi connectivity index (χ0v) is 38.7. The highest BCUT2D eigenvalue weighted by Gasteiger charge is 2.26. The van der Waals surface area contributed by atoms with E-state index in [4.69, 9.17) is 14.8 Å². The van der Waals surface area contributed by atoms with Gasteiger partial charge in [0.1, 0.15) is 0 Å². The molecule has 57 heavy (non-hydrogen) atoms. The van der Waals surface area contributed by atoms with Gasteiger partial charge in [-0.15, -0.1) is 0 Å². The second-order valence-corrected chi connectivity index (χ2v) is 18.5. The predicted molar refractivity (Wildman–Crippen MR) is 245 cm³/mol. The molecule has 0 aliphatic heterocycles. The van der Waals surface area contributed by atoms with Crippen molar-refractivity contribution in [1.82, 2.24) is 5.32 Å². The first-order valence-corrected chi connectivity index (χ1v) is 26.3. The Kier molecular flexibility index (Phi) is 44.2. The minimum Gasteiger partial charge on any atom is -0.387 e. The molecule has 0 aliphatic carbocycles. The monoisotopic (exact) mass is 829 g/mol. The Labute approximate surface area is 354 Å². The number of allylic oxidation sites excluding steroid dienone is 1. The number of phosphoric acid groups is 1. The van der Waals surface area contributed by atoms with Gasteiger partial charge < -0.3 is 21.1 Å². The molecule has 0 saturated heterocycles. The lowest BCUT2D eigenvalue weighted by molar-refractivity contribution is -0.123. The fourth-order valence-electron chi connectivity index (χ4n) is 7.61. The van der Waals surface area contributed by atoms with Gasteiger partial charge in [0.05, 0.1) is 25.4 Å². The maximum atomic E-state index is 12.8. The van der Waals surface area contributed by atoms with Crippen molar-refractivity contribution in [3.63, 3.8) is 0 Å². The van der Waals surface area contributed by atoms with Crippen LogP contribution in [0.2, 0.25) is 0 Å². The quantitative estimate of drug-likeness (QED) is 0.0273. The number of aliphatic hydroxyl groups excluding tert-OH is 1. The second-order valence-electron chi connectivity index (χ2n) is 17.0. The third-order valence-corrected chi connectivity index (χ3v) is 12.3. The van der Waals surface area contributed by atoms with Gasteiger partial charge in [-0.2, -0.15) is 0 Å². The third-order valence-electron chi connectivity index (χ3n) is 11.4. The van der Waals surface area contributed by atoms with Crippen molar-refractivity contribution < 1.29 is 28.4 Å². The minimum atomic E-state index is -4.34. The molecule has 0 aromatic heterocycles. The highest BCUT2D eigenvalue weighted by Crippen LogP contribution is 2.43. The highest BCUT2D eigenvalue weighted by atomic mass is 31.2. The van der Waals surface area contributed by atoms with Crippen LogP contribution in [0.3, 0.4) is 0 Å². The van der Waals surface area contributed by atoms with E-state index in [0.29, 0.717) is 6.42 Å². The van der Waals surface area contributed by atoms with Crippen molar-refractivity contribution in [2.45, 2.75) is 270 Å². The normalized spacial score (nSPS) is 14.0. The highest BCUT2D eigenvalue weighted by molar-refractivity contribution is 7.47. The number of hydrogen-bond donors (Lipinski definition) is 4. The lowest BCUT2D eigenvalue weighted by Crippen LogP contribution is -2.45. The molecule has 8 nitrogen and oxygen atoms in total. The number of rotatable bonds is 47. The number of phosphoric ester groups is 1. The number of unbranched alkanes of at least 4 members (excludes halogenated alkanes) is 35. The van der Waals surface area contributed by atoms with E-state index in [-0.39, 0.29) is 25.7 Å². The molecular formula is C48H97N2O6P. The Morgan fingerprint density at radius 1 is 0.561 bits per heavy atom. The van der Waals surface area contributed by atoms with Crippen LogP contribution in [0, 0.1) is 0 Å². The van der Waals surface area contributed by atoms with Crippen LogP contribution in [-0.4, -0.2) is 47.8 Å². The SMILES string of the molecule is CCCCCCCCCCCCCCCCC/C=C/C(O)C(COP(=O)(O)OCCN)NC(=O)CCCCCCCCCCCCCCCCCCCCCCC. The minimum absolute atomic E-state index is 0.0816. The van der Waals surface area contributed by atoms with Crippen LogP contribution < -0.4 is 11.1 Å². The smallest absolute Gasteiger partial charge is 0.387 e. The summed E-state index contributed by atoms with van der Waals surface area (Å²) in [6.45, 7) is 4.18. The maximum Gasteiger partial charge on any atom is 0.472 e. The zero-order valence-electron chi connectivity index (χ0n) is 37.9. The molecule has 0 saturated carbocycles. The van der Waals surface area contributed by atoms with E-state index in [9.17, 15) is 19.4 Å². The number of hydrogen-bond acceptors (Lipinski definition) is 6. The standard InChI is InChI=1S/C48H97N2O6P/c1-3-5-7-9-11-13-15-17-19-21-22-23-24-26-28-30-32-34-36-38-40-42-48(52)50-46(45-56-57(53,54)55-44-43-49)47(51)41-39-37-35-33-31-29-27-25-20-18-16-14-12-10-8-6-4-2/h39,41,46-47,51H,3-38,40,42-45,49H2,1-2H3,(H,50,52)(H,53,54)/b41-39+. The van der Waals surface area contributed by atoms with Gasteiger partial charge in [0, 0.05) is 13.0 Å². The number of amides is 1. The molecule has 0 spiro atoms. The molecule has 0 heterocycles. The van der Waals surface area contributed by atoms with E-state index < -0.39 is 20.0 Å². The average Bonchev–Trinajstić information content (AvgIpc) is 3.20. The molecule has 0 bridgehead atoms. The van der Waals surface area contributed by atoms with E-state index >= 15 is 0 Å². The van der Waals surface area contributed by atoms with Gasteiger partial charge in [-0.3, -0.25) is 13.8 Å². The lowest BCUT2D eigenvalue weighted by Gasteiger charge is -2.23. The van der Waals surface area contributed by atoms with Gasteiger partial charge in [0.2, 0.25) is 5.91 Å². The van der Waals surface area contributed by atoms with E-state index in [1.807, 2.05) is 6.08 Å². The molecule has 0 rings (SSSR count). The summed E-state index contributed by atoms with van der Waals surface area (Å²) in [5, 5.41) is 13.7. The van der Waals surface area contributed by atoms with E-state index in [0.717, 1.165) is 38.5 Å². The molecule has 3 atom stereocenters. The Hall–Kier alpha value is -0.760. The number of carbonyl (C=O) groups excluding carboxylic acids is 1. The van der Waals surface area contributed by atoms with Gasteiger partial charge in [-0.1, -0.05) is 244 Å². The molecular weight excluding hydrogens is 732 g/mol. The third kappa shape index (κ3) is 43.1. The van der Waals surface area contributed by atoms with Gasteiger partial charge in [0.15, 0.2) is 0 Å². The Bertz CT molecular complexity index is 906. The summed E-state index contributed by atoms with van der Waals surface area (Å²) in [6.07, 6.45) is 51.3. The van der Waals surface area contributed by atoms with Crippen molar-refractivity contribution in [3.05, 3.63) is 12.2 Å². The first-order chi connectivity index (χ1) is 27.9. The zero-order chi connectivity index (χ0) is 41.8. The van der Waals surface area contributed by atoms with Crippen LogP contribution in [0.4, 0.5) is 0 Å². The van der Waals surface area contributed by atoms with Crippen molar-refractivity contribution in [2.24, 2.45) is 5.73 Å². The molecule has 1 amide bonds. The lowest BCUT2D eigenvalue weighted by atomic mass is 10.0. The Morgan fingerprint density at radius 2 is 0.895 bits per heavy atom. The Balaban J connectivity index is 4.07. The maximum absolute atomic E-state index is 12.8. The molecule has 5 N–H and O–H groups in total. The first-order valence-electron chi connectivity index (χ1n) is 24.8. The fourth-order valence-corrected chi connectivity index (χ4v) is 8.36. The van der Waals surface area contributed by atoms with Crippen LogP contribution in [-0.2, 0) is 18.4 Å². The van der Waals surface area contributed by atoms with Crippen LogP contribution >= 0.6 is 7.82 Å². The van der Waals surface area contributed by atoms with Gasteiger partial charge in [-0.05, 0) is 19.3 Å². The van der Waals surface area contributed by atoms with Crippen molar-refractivity contribution >= 4 is 13.7 Å². The molecule has 340 valence electrons. The molecule has 0 aromatic rings. The van der Waals surface area contributed by atoms with Crippen molar-refractivity contribution in [1.29, 1.82) is 0 Å². The number of carbonyl (C=O) groups is 1. The van der Waals surface area contributed by atoms with E-state index in [1.165, 1.54) is 199 Å². The predicted octanol–water partition coefficient (Wildman–Crippen LogP) is 14.3. The molecule has 9 heteroatoms. The van der Waals surface area contributed by atoms with Crippen LogP contribution in [0.1, 0.15) is 258 Å². The second kappa shape index (κ2) is 44.8.